The van der Waals surface area contributed by atoms with Crippen molar-refractivity contribution in [2.24, 2.45) is 23.7 Å². The number of carbonyl (C=O) groups is 1. The van der Waals surface area contributed by atoms with Crippen LogP contribution in [0.5, 0.6) is 0 Å². The molecule has 0 aromatic rings. The van der Waals surface area contributed by atoms with Crippen LogP contribution in [0.2, 0.25) is 0 Å². The summed E-state index contributed by atoms with van der Waals surface area (Å²) in [7, 11) is 1.38. The number of hydrogen-bond acceptors (Lipinski definition) is 7. The fraction of sp³-hybridized carbons (Fsp3) is 0.950. The lowest BCUT2D eigenvalue weighted by Crippen LogP contribution is -2.70. The molecule has 5 aliphatic rings. The van der Waals surface area contributed by atoms with Crippen LogP contribution in [0, 0.1) is 23.7 Å². The van der Waals surface area contributed by atoms with Gasteiger partial charge in [-0.3, -0.25) is 4.79 Å². The Hall–Kier alpha value is -0.730. The molecule has 7 heteroatoms. The number of fused-ring (bicyclic) bond motifs is 2. The Morgan fingerprint density at radius 2 is 1.96 bits per heavy atom. The molecule has 5 fully saturated rings. The van der Waals surface area contributed by atoms with Gasteiger partial charge in [-0.25, -0.2) is 9.78 Å². The van der Waals surface area contributed by atoms with Gasteiger partial charge in [-0.15, -0.1) is 0 Å². The minimum atomic E-state index is -0.791. The van der Waals surface area contributed by atoms with Gasteiger partial charge in [-0.05, 0) is 44.9 Å². The molecule has 1 spiro atoms. The van der Waals surface area contributed by atoms with Crippen LogP contribution >= 0.6 is 0 Å². The van der Waals surface area contributed by atoms with E-state index in [1.807, 2.05) is 13.8 Å². The SMILES string of the molecule is COC(=O)C[C@@H](C)O[C@H]1O[C@@H]2O[C@]3(C)CC[C@H]4[C@H](C)CC[C@@H]([C@H]1C)[C@@]24OO3. The van der Waals surface area contributed by atoms with Gasteiger partial charge in [0.15, 0.2) is 18.2 Å². The van der Waals surface area contributed by atoms with Gasteiger partial charge in [-0.1, -0.05) is 13.8 Å². The van der Waals surface area contributed by atoms with Gasteiger partial charge < -0.3 is 18.9 Å². The first-order chi connectivity index (χ1) is 12.8. The number of ether oxygens (including phenoxy) is 4. The highest BCUT2D eigenvalue weighted by Crippen LogP contribution is 2.60. The van der Waals surface area contributed by atoms with Crippen LogP contribution in [-0.4, -0.2) is 43.2 Å². The normalized spacial score (nSPS) is 49.8. The van der Waals surface area contributed by atoms with E-state index in [0.29, 0.717) is 11.8 Å². The number of rotatable bonds is 4. The average molecular weight is 384 g/mol. The second kappa shape index (κ2) is 6.95. The number of hydrogen-bond donors (Lipinski definition) is 0. The lowest BCUT2D eigenvalue weighted by molar-refractivity contribution is -0.578. The minimum absolute atomic E-state index is 0.103. The Kier molecular flexibility index (Phi) is 5.04. The Morgan fingerprint density at radius 3 is 2.70 bits per heavy atom. The average Bonchev–Trinajstić information content (AvgIpc) is 2.85. The summed E-state index contributed by atoms with van der Waals surface area (Å²) in [6.07, 6.45) is 2.88. The maximum Gasteiger partial charge on any atom is 0.308 e. The first-order valence-electron chi connectivity index (χ1n) is 10.2. The van der Waals surface area contributed by atoms with Crippen molar-refractivity contribution in [3.05, 3.63) is 0 Å². The van der Waals surface area contributed by atoms with Crippen LogP contribution in [0.4, 0.5) is 0 Å². The summed E-state index contributed by atoms with van der Waals surface area (Å²) < 4.78 is 23.5. The summed E-state index contributed by atoms with van der Waals surface area (Å²) in [6, 6.07) is 0. The Balaban J connectivity index is 1.59. The monoisotopic (exact) mass is 384 g/mol. The van der Waals surface area contributed by atoms with E-state index in [1.165, 1.54) is 7.11 Å². The quantitative estimate of drug-likeness (QED) is 0.544. The van der Waals surface area contributed by atoms with E-state index >= 15 is 0 Å². The lowest BCUT2D eigenvalue weighted by Gasteiger charge is -2.60. The molecule has 0 aromatic heterocycles. The van der Waals surface area contributed by atoms with Gasteiger partial charge in [0, 0.05) is 18.3 Å². The Bertz CT molecular complexity index is 583. The summed E-state index contributed by atoms with van der Waals surface area (Å²) in [4.78, 5) is 23.5. The van der Waals surface area contributed by atoms with Crippen molar-refractivity contribution >= 4 is 5.97 Å². The molecule has 4 heterocycles. The van der Waals surface area contributed by atoms with Crippen LogP contribution in [0.3, 0.4) is 0 Å². The maximum absolute atomic E-state index is 11.6. The molecule has 9 atom stereocenters. The second-order valence-electron chi connectivity index (χ2n) is 9.00. The fourth-order valence-corrected chi connectivity index (χ4v) is 5.62. The van der Waals surface area contributed by atoms with E-state index in [-0.39, 0.29) is 30.3 Å². The standard InChI is InChI=1S/C20H32O7/c1-11-6-7-15-13(3)17(23-12(2)10-16(21)22-5)24-18-20(15)14(11)8-9-19(4,25-18)26-27-20/h11-15,17-18H,6-10H2,1-5H3/t11-,12-,13-,14+,15+,17+,18-,19+,20-/m1/s1. The molecule has 0 N–H and O–H groups in total. The maximum atomic E-state index is 11.6. The molecule has 0 unspecified atom stereocenters. The summed E-state index contributed by atoms with van der Waals surface area (Å²) in [5.41, 5.74) is -0.585. The number of carbonyl (C=O) groups excluding carboxylic acids is 1. The van der Waals surface area contributed by atoms with Crippen LogP contribution in [0.25, 0.3) is 0 Å². The molecule has 4 aliphatic heterocycles. The summed E-state index contributed by atoms with van der Waals surface area (Å²) >= 11 is 0. The highest BCUT2D eigenvalue weighted by Gasteiger charge is 2.69. The molecule has 154 valence electrons. The third-order valence-electron chi connectivity index (χ3n) is 7.15. The van der Waals surface area contributed by atoms with Crippen LogP contribution < -0.4 is 0 Å². The summed E-state index contributed by atoms with van der Waals surface area (Å²) in [6.45, 7) is 8.21. The molecule has 5 rings (SSSR count). The third-order valence-corrected chi connectivity index (χ3v) is 7.15. The molecule has 4 saturated heterocycles. The van der Waals surface area contributed by atoms with Gasteiger partial charge >= 0.3 is 5.97 Å². The molecular weight excluding hydrogens is 352 g/mol. The predicted octanol–water partition coefficient (Wildman–Crippen LogP) is 3.16. The topological polar surface area (TPSA) is 72.5 Å². The lowest BCUT2D eigenvalue weighted by atomic mass is 9.58. The Labute approximate surface area is 160 Å². The summed E-state index contributed by atoms with van der Waals surface area (Å²) in [5.74, 6) is 0.106. The van der Waals surface area contributed by atoms with E-state index in [2.05, 4.69) is 13.8 Å². The van der Waals surface area contributed by atoms with Gasteiger partial charge in [0.2, 0.25) is 5.79 Å². The third kappa shape index (κ3) is 3.12. The zero-order valence-electron chi connectivity index (χ0n) is 16.9. The molecule has 0 radical (unpaired) electrons. The molecule has 27 heavy (non-hydrogen) atoms. The molecule has 1 saturated carbocycles. The van der Waals surface area contributed by atoms with Crippen molar-refractivity contribution < 1.29 is 33.5 Å². The van der Waals surface area contributed by atoms with Gasteiger partial charge in [0.05, 0.1) is 19.6 Å². The molecule has 0 amide bonds. The summed E-state index contributed by atoms with van der Waals surface area (Å²) in [5, 5.41) is 0. The first-order valence-corrected chi connectivity index (χ1v) is 10.2. The van der Waals surface area contributed by atoms with E-state index in [0.717, 1.165) is 25.7 Å². The van der Waals surface area contributed by atoms with Crippen LogP contribution in [-0.2, 0) is 33.5 Å². The first kappa shape index (κ1) is 19.6. The molecular formula is C20H32O7. The van der Waals surface area contributed by atoms with Gasteiger partial charge in [0.1, 0.15) is 0 Å². The van der Waals surface area contributed by atoms with Crippen molar-refractivity contribution in [1.82, 2.24) is 0 Å². The number of methoxy groups -OCH3 is 1. The number of esters is 1. The zero-order chi connectivity index (χ0) is 19.4. The van der Waals surface area contributed by atoms with Crippen molar-refractivity contribution in [1.29, 1.82) is 0 Å². The van der Waals surface area contributed by atoms with E-state index in [9.17, 15) is 4.79 Å². The van der Waals surface area contributed by atoms with E-state index < -0.39 is 24.0 Å². The van der Waals surface area contributed by atoms with Gasteiger partial charge in [-0.2, -0.15) is 0 Å². The molecule has 1 aliphatic carbocycles. The van der Waals surface area contributed by atoms with Crippen molar-refractivity contribution in [2.45, 2.75) is 89.9 Å². The van der Waals surface area contributed by atoms with E-state index in [1.54, 1.807) is 0 Å². The van der Waals surface area contributed by atoms with Crippen LogP contribution in [0.15, 0.2) is 0 Å². The van der Waals surface area contributed by atoms with Crippen LogP contribution in [0.1, 0.15) is 59.8 Å². The molecule has 0 aromatic carbocycles. The Morgan fingerprint density at radius 1 is 1.19 bits per heavy atom. The van der Waals surface area contributed by atoms with Crippen molar-refractivity contribution in [2.75, 3.05) is 7.11 Å². The largest absolute Gasteiger partial charge is 0.469 e. The predicted molar refractivity (Wildman–Crippen MR) is 94.0 cm³/mol. The molecule has 2 bridgehead atoms. The van der Waals surface area contributed by atoms with Crippen molar-refractivity contribution in [3.8, 4) is 0 Å². The highest BCUT2D eigenvalue weighted by molar-refractivity contribution is 5.69. The highest BCUT2D eigenvalue weighted by atomic mass is 17.3. The zero-order valence-corrected chi connectivity index (χ0v) is 16.9. The molecule has 7 nitrogen and oxygen atoms in total. The van der Waals surface area contributed by atoms with E-state index in [4.69, 9.17) is 28.7 Å². The fourth-order valence-electron chi connectivity index (χ4n) is 5.62. The second-order valence-corrected chi connectivity index (χ2v) is 9.00. The van der Waals surface area contributed by atoms with Gasteiger partial charge in [0.25, 0.3) is 0 Å². The van der Waals surface area contributed by atoms with Crippen molar-refractivity contribution in [3.63, 3.8) is 0 Å². The minimum Gasteiger partial charge on any atom is -0.469 e. The smallest absolute Gasteiger partial charge is 0.308 e.